The molecule has 2 N–H and O–H groups in total. The molecule has 1 aromatic heterocycles. The van der Waals surface area contributed by atoms with E-state index in [0.29, 0.717) is 12.5 Å². The lowest BCUT2D eigenvalue weighted by Crippen LogP contribution is -2.06. The molecule has 134 valence electrons. The molecule has 0 spiro atoms. The van der Waals surface area contributed by atoms with Crippen molar-refractivity contribution in [3.63, 3.8) is 0 Å². The van der Waals surface area contributed by atoms with Gasteiger partial charge in [0.05, 0.1) is 12.8 Å². The van der Waals surface area contributed by atoms with Crippen molar-refractivity contribution in [1.29, 1.82) is 0 Å². The molecule has 0 amide bonds. The predicted octanol–water partition coefficient (Wildman–Crippen LogP) is 4.77. The number of ether oxygens (including phenoxy) is 1. The van der Waals surface area contributed by atoms with Gasteiger partial charge in [0.15, 0.2) is 0 Å². The van der Waals surface area contributed by atoms with Crippen LogP contribution in [0.25, 0.3) is 0 Å². The van der Waals surface area contributed by atoms with Crippen LogP contribution in [0.2, 0.25) is 0 Å². The highest BCUT2D eigenvalue weighted by Gasteiger charge is 2.07. The van der Waals surface area contributed by atoms with E-state index >= 15 is 0 Å². The Morgan fingerprint density at radius 1 is 0.923 bits per heavy atom. The molecule has 3 aromatic rings. The average molecular weight is 348 g/mol. The third-order valence-corrected chi connectivity index (χ3v) is 4.01. The number of methoxy groups -OCH3 is 1. The Morgan fingerprint density at radius 2 is 1.73 bits per heavy atom. The molecule has 1 heterocycles. The first-order valence-electron chi connectivity index (χ1n) is 8.60. The van der Waals surface area contributed by atoms with E-state index in [9.17, 15) is 0 Å². The molecule has 0 radical (unpaired) electrons. The number of anilines is 3. The fraction of sp³-hybridized carbons (Fsp3) is 0.238. The van der Waals surface area contributed by atoms with Crippen LogP contribution in [0.15, 0.2) is 48.5 Å². The van der Waals surface area contributed by atoms with Gasteiger partial charge in [-0.1, -0.05) is 35.9 Å². The molecule has 0 atom stereocenters. The largest absolute Gasteiger partial charge is 0.495 e. The number of hydrogen-bond acceptors (Lipinski definition) is 5. The highest BCUT2D eigenvalue weighted by Crippen LogP contribution is 2.27. The molecule has 0 saturated heterocycles. The maximum absolute atomic E-state index is 5.42. The maximum Gasteiger partial charge on any atom is 0.229 e. The fourth-order valence-corrected chi connectivity index (χ4v) is 2.77. The van der Waals surface area contributed by atoms with E-state index < -0.39 is 0 Å². The van der Waals surface area contributed by atoms with Crippen molar-refractivity contribution in [2.45, 2.75) is 27.3 Å². The Kier molecular flexibility index (Phi) is 5.37. The molecule has 26 heavy (non-hydrogen) atoms. The molecule has 2 aromatic carbocycles. The van der Waals surface area contributed by atoms with Gasteiger partial charge >= 0.3 is 0 Å². The Hall–Kier alpha value is -3.08. The average Bonchev–Trinajstić information content (AvgIpc) is 2.60. The summed E-state index contributed by atoms with van der Waals surface area (Å²) in [4.78, 5) is 9.07. The van der Waals surface area contributed by atoms with Crippen LogP contribution in [0.4, 0.5) is 17.5 Å². The molecule has 0 bridgehead atoms. The van der Waals surface area contributed by atoms with E-state index in [0.717, 1.165) is 28.5 Å². The summed E-state index contributed by atoms with van der Waals surface area (Å²) < 4.78 is 5.42. The van der Waals surface area contributed by atoms with Crippen molar-refractivity contribution in [1.82, 2.24) is 9.97 Å². The second-order valence-electron chi connectivity index (χ2n) is 6.39. The second-order valence-corrected chi connectivity index (χ2v) is 6.39. The summed E-state index contributed by atoms with van der Waals surface area (Å²) in [7, 11) is 1.65. The maximum atomic E-state index is 5.42. The number of aromatic nitrogens is 2. The Morgan fingerprint density at radius 3 is 2.50 bits per heavy atom. The van der Waals surface area contributed by atoms with Crippen molar-refractivity contribution in [2.75, 3.05) is 17.7 Å². The number of rotatable bonds is 6. The lowest BCUT2D eigenvalue weighted by Gasteiger charge is -2.13. The fourth-order valence-electron chi connectivity index (χ4n) is 2.77. The Labute approximate surface area is 154 Å². The molecule has 5 nitrogen and oxygen atoms in total. The van der Waals surface area contributed by atoms with Gasteiger partial charge in [0.2, 0.25) is 5.95 Å². The van der Waals surface area contributed by atoms with E-state index in [1.165, 1.54) is 11.1 Å². The first-order chi connectivity index (χ1) is 12.5. The first-order valence-corrected chi connectivity index (χ1v) is 8.60. The van der Waals surface area contributed by atoms with Crippen molar-refractivity contribution in [3.05, 3.63) is 70.9 Å². The van der Waals surface area contributed by atoms with Gasteiger partial charge < -0.3 is 15.4 Å². The molecule has 0 aliphatic carbocycles. The number of nitrogens with one attached hydrogen (secondary N) is 2. The number of benzene rings is 2. The molecule has 0 saturated carbocycles. The lowest BCUT2D eigenvalue weighted by molar-refractivity contribution is 0.416. The molecule has 0 aliphatic rings. The standard InChI is InChI=1S/C21H24N4O/c1-14-6-5-7-17(10-14)13-22-20-12-16(3)23-21(25-20)24-18-11-15(2)8-9-19(18)26-4/h5-12H,13H2,1-4H3,(H2,22,23,24,25). The number of nitrogens with zero attached hydrogens (tertiary/aromatic N) is 2. The van der Waals surface area contributed by atoms with Crippen LogP contribution in [0.1, 0.15) is 22.4 Å². The zero-order valence-corrected chi connectivity index (χ0v) is 15.6. The van der Waals surface area contributed by atoms with Crippen molar-refractivity contribution in [2.24, 2.45) is 0 Å². The van der Waals surface area contributed by atoms with E-state index in [4.69, 9.17) is 4.74 Å². The summed E-state index contributed by atoms with van der Waals surface area (Å²) >= 11 is 0. The minimum Gasteiger partial charge on any atom is -0.495 e. The van der Waals surface area contributed by atoms with Crippen molar-refractivity contribution >= 4 is 17.5 Å². The van der Waals surface area contributed by atoms with Crippen molar-refractivity contribution in [3.8, 4) is 5.75 Å². The summed E-state index contributed by atoms with van der Waals surface area (Å²) in [5.41, 5.74) is 5.34. The zero-order valence-electron chi connectivity index (χ0n) is 15.6. The van der Waals surface area contributed by atoms with Gasteiger partial charge in [0.1, 0.15) is 11.6 Å². The van der Waals surface area contributed by atoms with Gasteiger partial charge in [-0.3, -0.25) is 0 Å². The van der Waals surface area contributed by atoms with E-state index in [1.807, 2.05) is 38.1 Å². The van der Waals surface area contributed by atoms with Crippen molar-refractivity contribution < 1.29 is 4.74 Å². The first kappa shape index (κ1) is 17.7. The van der Waals surface area contributed by atoms with Crippen LogP contribution in [-0.2, 0) is 6.54 Å². The molecule has 5 heteroatoms. The SMILES string of the molecule is COc1ccc(C)cc1Nc1nc(C)cc(NCc2cccc(C)c2)n1. The normalized spacial score (nSPS) is 10.5. The summed E-state index contributed by atoms with van der Waals surface area (Å²) in [5.74, 6) is 2.09. The van der Waals surface area contributed by atoms with Crippen LogP contribution in [0.3, 0.4) is 0 Å². The molecule has 0 fully saturated rings. The molecular formula is C21H24N4O. The van der Waals surface area contributed by atoms with Crippen LogP contribution in [-0.4, -0.2) is 17.1 Å². The topological polar surface area (TPSA) is 59.1 Å². The monoisotopic (exact) mass is 348 g/mol. The summed E-state index contributed by atoms with van der Waals surface area (Å²) in [6.45, 7) is 6.80. The molecule has 0 unspecified atom stereocenters. The Bertz CT molecular complexity index is 908. The van der Waals surface area contributed by atoms with Crippen LogP contribution >= 0.6 is 0 Å². The number of aryl methyl sites for hydroxylation is 3. The van der Waals surface area contributed by atoms with Gasteiger partial charge in [-0.2, -0.15) is 4.98 Å². The second kappa shape index (κ2) is 7.87. The highest BCUT2D eigenvalue weighted by molar-refractivity contribution is 5.64. The lowest BCUT2D eigenvalue weighted by atomic mass is 10.1. The highest BCUT2D eigenvalue weighted by atomic mass is 16.5. The third kappa shape index (κ3) is 4.51. The summed E-state index contributed by atoms with van der Waals surface area (Å²) in [6.07, 6.45) is 0. The van der Waals surface area contributed by atoms with Gasteiger partial charge in [0, 0.05) is 18.3 Å². The number of hydrogen-bond donors (Lipinski definition) is 2. The predicted molar refractivity (Wildman–Crippen MR) is 106 cm³/mol. The Balaban J connectivity index is 1.78. The zero-order chi connectivity index (χ0) is 18.5. The minimum atomic E-state index is 0.542. The van der Waals surface area contributed by atoms with Crippen LogP contribution in [0.5, 0.6) is 5.75 Å². The van der Waals surface area contributed by atoms with Gasteiger partial charge in [0.25, 0.3) is 0 Å². The summed E-state index contributed by atoms with van der Waals surface area (Å²) in [6, 6.07) is 16.3. The van der Waals surface area contributed by atoms with E-state index in [2.05, 4.69) is 51.8 Å². The molecule has 3 rings (SSSR count). The van der Waals surface area contributed by atoms with Crippen LogP contribution in [0, 0.1) is 20.8 Å². The van der Waals surface area contributed by atoms with E-state index in [-0.39, 0.29) is 0 Å². The summed E-state index contributed by atoms with van der Waals surface area (Å²) in [5, 5.41) is 6.64. The minimum absolute atomic E-state index is 0.542. The van der Waals surface area contributed by atoms with E-state index in [1.54, 1.807) is 7.11 Å². The smallest absolute Gasteiger partial charge is 0.229 e. The molecular weight excluding hydrogens is 324 g/mol. The molecule has 0 aliphatic heterocycles. The third-order valence-electron chi connectivity index (χ3n) is 4.01. The van der Waals surface area contributed by atoms with Gasteiger partial charge in [-0.15, -0.1) is 0 Å². The van der Waals surface area contributed by atoms with Crippen LogP contribution < -0.4 is 15.4 Å². The van der Waals surface area contributed by atoms with Gasteiger partial charge in [-0.05, 0) is 44.0 Å². The quantitative estimate of drug-likeness (QED) is 0.672. The van der Waals surface area contributed by atoms with Gasteiger partial charge in [-0.25, -0.2) is 4.98 Å².